The van der Waals surface area contributed by atoms with E-state index in [4.69, 9.17) is 0 Å². The van der Waals surface area contributed by atoms with Crippen LogP contribution in [0, 0.1) is 6.92 Å². The largest absolute Gasteiger partial charge is 0.318 e. The molecule has 1 fully saturated rings. The molecule has 1 aromatic rings. The summed E-state index contributed by atoms with van der Waals surface area (Å²) in [5.41, 5.74) is 1.45. The minimum absolute atomic E-state index is 0.747. The maximum absolute atomic E-state index is 3.30. The average molecular weight is 224 g/mol. The monoisotopic (exact) mass is 224 g/mol. The van der Waals surface area contributed by atoms with E-state index in [0.717, 1.165) is 19.1 Å². The number of aryl methyl sites for hydroxylation is 1. The quantitative estimate of drug-likeness (QED) is 0.844. The van der Waals surface area contributed by atoms with Crippen LogP contribution >= 0.6 is 11.3 Å². The molecule has 0 aliphatic carbocycles. The van der Waals surface area contributed by atoms with E-state index in [0.29, 0.717) is 0 Å². The molecule has 1 aliphatic heterocycles. The van der Waals surface area contributed by atoms with Gasteiger partial charge in [-0.1, -0.05) is 0 Å². The predicted octanol–water partition coefficient (Wildman–Crippen LogP) is 2.24. The lowest BCUT2D eigenvalue weighted by Gasteiger charge is -2.23. The van der Waals surface area contributed by atoms with Crippen LogP contribution < -0.4 is 5.32 Å². The average Bonchev–Trinajstić information content (AvgIpc) is 2.80. The van der Waals surface area contributed by atoms with E-state index in [-0.39, 0.29) is 0 Å². The Kier molecular flexibility index (Phi) is 3.78. The Hall–Kier alpha value is -0.380. The summed E-state index contributed by atoms with van der Waals surface area (Å²) >= 11 is 1.89. The first-order valence-electron chi connectivity index (χ1n) is 5.73. The Bertz CT molecular complexity index is 308. The maximum Gasteiger partial charge on any atom is 0.0334 e. The summed E-state index contributed by atoms with van der Waals surface area (Å²) in [6.45, 7) is 5.76. The van der Waals surface area contributed by atoms with Crippen molar-refractivity contribution in [2.45, 2.75) is 32.4 Å². The molecular weight excluding hydrogens is 204 g/mol. The zero-order chi connectivity index (χ0) is 10.7. The molecule has 0 radical (unpaired) electrons. The molecule has 0 aromatic carbocycles. The summed E-state index contributed by atoms with van der Waals surface area (Å²) in [6, 6.07) is 2.97. The van der Waals surface area contributed by atoms with Gasteiger partial charge in [0.05, 0.1) is 0 Å². The highest BCUT2D eigenvalue weighted by molar-refractivity contribution is 7.10. The summed E-state index contributed by atoms with van der Waals surface area (Å²) in [6.07, 6.45) is 2.71. The zero-order valence-electron chi connectivity index (χ0n) is 9.62. The van der Waals surface area contributed by atoms with Crippen molar-refractivity contribution in [3.8, 4) is 0 Å². The van der Waals surface area contributed by atoms with Crippen molar-refractivity contribution in [1.29, 1.82) is 0 Å². The molecule has 2 nitrogen and oxygen atoms in total. The Labute approximate surface area is 96.3 Å². The molecule has 0 amide bonds. The first-order valence-corrected chi connectivity index (χ1v) is 6.61. The summed E-state index contributed by atoms with van der Waals surface area (Å²) in [7, 11) is 2.05. The van der Waals surface area contributed by atoms with Gasteiger partial charge >= 0.3 is 0 Å². The molecule has 1 unspecified atom stereocenters. The SMILES string of the molecule is CNCC1CCCN1Cc1sccc1C. The smallest absolute Gasteiger partial charge is 0.0334 e. The van der Waals surface area contributed by atoms with Gasteiger partial charge in [0.1, 0.15) is 0 Å². The summed E-state index contributed by atoms with van der Waals surface area (Å²) in [5, 5.41) is 5.50. The predicted molar refractivity (Wildman–Crippen MR) is 66.4 cm³/mol. The molecule has 1 N–H and O–H groups in total. The Morgan fingerprint density at radius 1 is 1.60 bits per heavy atom. The number of nitrogens with zero attached hydrogens (tertiary/aromatic N) is 1. The summed E-state index contributed by atoms with van der Waals surface area (Å²) in [4.78, 5) is 4.16. The molecule has 3 heteroatoms. The van der Waals surface area contributed by atoms with E-state index in [9.17, 15) is 0 Å². The molecule has 84 valence electrons. The number of hydrogen-bond acceptors (Lipinski definition) is 3. The minimum Gasteiger partial charge on any atom is -0.318 e. The molecule has 15 heavy (non-hydrogen) atoms. The van der Waals surface area contributed by atoms with Crippen molar-refractivity contribution in [3.05, 3.63) is 21.9 Å². The van der Waals surface area contributed by atoms with Gasteiger partial charge in [0.15, 0.2) is 0 Å². The number of rotatable bonds is 4. The van der Waals surface area contributed by atoms with E-state index >= 15 is 0 Å². The van der Waals surface area contributed by atoms with Crippen molar-refractivity contribution in [2.24, 2.45) is 0 Å². The van der Waals surface area contributed by atoms with Crippen LogP contribution in [0.3, 0.4) is 0 Å². The molecule has 2 rings (SSSR count). The fraction of sp³-hybridized carbons (Fsp3) is 0.667. The summed E-state index contributed by atoms with van der Waals surface area (Å²) < 4.78 is 0. The fourth-order valence-electron chi connectivity index (χ4n) is 2.32. The van der Waals surface area contributed by atoms with Gasteiger partial charge in [0.2, 0.25) is 0 Å². The Morgan fingerprint density at radius 2 is 2.47 bits per heavy atom. The normalized spacial score (nSPS) is 22.4. The van der Waals surface area contributed by atoms with Crippen molar-refractivity contribution < 1.29 is 0 Å². The van der Waals surface area contributed by atoms with Crippen LogP contribution in [0.5, 0.6) is 0 Å². The highest BCUT2D eigenvalue weighted by Gasteiger charge is 2.24. The van der Waals surface area contributed by atoms with E-state index in [1.54, 1.807) is 0 Å². The molecule has 0 saturated carbocycles. The number of thiophene rings is 1. The third-order valence-electron chi connectivity index (χ3n) is 3.25. The lowest BCUT2D eigenvalue weighted by Crippen LogP contribution is -2.36. The van der Waals surface area contributed by atoms with E-state index < -0.39 is 0 Å². The first kappa shape index (κ1) is 11.1. The highest BCUT2D eigenvalue weighted by atomic mass is 32.1. The van der Waals surface area contributed by atoms with Crippen molar-refractivity contribution >= 4 is 11.3 Å². The maximum atomic E-state index is 3.30. The Morgan fingerprint density at radius 3 is 3.13 bits per heavy atom. The second-order valence-corrected chi connectivity index (χ2v) is 5.35. The van der Waals surface area contributed by atoms with Crippen LogP contribution in [0.15, 0.2) is 11.4 Å². The van der Waals surface area contributed by atoms with Crippen LogP contribution in [0.4, 0.5) is 0 Å². The molecule has 0 bridgehead atoms. The number of likely N-dealkylation sites (N-methyl/N-ethyl adjacent to an activating group) is 1. The lowest BCUT2D eigenvalue weighted by molar-refractivity contribution is 0.244. The summed E-state index contributed by atoms with van der Waals surface area (Å²) in [5.74, 6) is 0. The second-order valence-electron chi connectivity index (χ2n) is 4.35. The van der Waals surface area contributed by atoms with Gasteiger partial charge < -0.3 is 5.32 Å². The first-order chi connectivity index (χ1) is 7.31. The van der Waals surface area contributed by atoms with Crippen molar-refractivity contribution in [1.82, 2.24) is 10.2 Å². The van der Waals surface area contributed by atoms with Crippen LogP contribution in [0.2, 0.25) is 0 Å². The standard InChI is InChI=1S/C12H20N2S/c1-10-5-7-15-12(10)9-14-6-3-4-11(14)8-13-2/h5,7,11,13H,3-4,6,8-9H2,1-2H3. The van der Waals surface area contributed by atoms with Crippen LogP contribution in [-0.2, 0) is 6.54 Å². The van der Waals surface area contributed by atoms with Gasteiger partial charge in [0.25, 0.3) is 0 Å². The number of hydrogen-bond donors (Lipinski definition) is 1. The van der Waals surface area contributed by atoms with Gasteiger partial charge in [-0.05, 0) is 50.4 Å². The molecule has 1 aliphatic rings. The minimum atomic E-state index is 0.747. The number of nitrogens with one attached hydrogen (secondary N) is 1. The van der Waals surface area contributed by atoms with Crippen LogP contribution in [-0.4, -0.2) is 31.1 Å². The van der Waals surface area contributed by atoms with Gasteiger partial charge in [-0.3, -0.25) is 4.90 Å². The van der Waals surface area contributed by atoms with Gasteiger partial charge in [-0.25, -0.2) is 0 Å². The fourth-order valence-corrected chi connectivity index (χ4v) is 3.25. The topological polar surface area (TPSA) is 15.3 Å². The van der Waals surface area contributed by atoms with Crippen molar-refractivity contribution in [2.75, 3.05) is 20.1 Å². The number of likely N-dealkylation sites (tertiary alicyclic amines) is 1. The molecule has 2 heterocycles. The third kappa shape index (κ3) is 2.60. The molecule has 0 spiro atoms. The van der Waals surface area contributed by atoms with Crippen LogP contribution in [0.25, 0.3) is 0 Å². The van der Waals surface area contributed by atoms with Gasteiger partial charge in [-0.2, -0.15) is 0 Å². The highest BCUT2D eigenvalue weighted by Crippen LogP contribution is 2.23. The van der Waals surface area contributed by atoms with Gasteiger partial charge in [-0.15, -0.1) is 11.3 Å². The van der Waals surface area contributed by atoms with E-state index in [2.05, 4.69) is 28.6 Å². The second kappa shape index (κ2) is 5.10. The van der Waals surface area contributed by atoms with E-state index in [1.807, 2.05) is 18.4 Å². The molecular formula is C12H20N2S. The Balaban J connectivity index is 1.96. The zero-order valence-corrected chi connectivity index (χ0v) is 10.4. The van der Waals surface area contributed by atoms with E-state index in [1.165, 1.54) is 29.8 Å². The molecule has 1 saturated heterocycles. The lowest BCUT2D eigenvalue weighted by atomic mass is 10.2. The third-order valence-corrected chi connectivity index (χ3v) is 4.26. The van der Waals surface area contributed by atoms with Crippen LogP contribution in [0.1, 0.15) is 23.3 Å². The van der Waals surface area contributed by atoms with Crippen molar-refractivity contribution in [3.63, 3.8) is 0 Å². The molecule has 1 atom stereocenters. The molecule has 1 aromatic heterocycles. The van der Waals surface area contributed by atoms with Gasteiger partial charge in [0, 0.05) is 24.0 Å².